The maximum absolute atomic E-state index is 14.0. The fourth-order valence-electron chi connectivity index (χ4n) is 2.39. The van der Waals surface area contributed by atoms with Crippen molar-refractivity contribution in [2.75, 3.05) is 18.0 Å². The van der Waals surface area contributed by atoms with Gasteiger partial charge >= 0.3 is 0 Å². The summed E-state index contributed by atoms with van der Waals surface area (Å²) in [6, 6.07) is 12.7. The maximum atomic E-state index is 14.0. The Labute approximate surface area is 117 Å². The minimum Gasteiger partial charge on any atom is -0.363 e. The summed E-state index contributed by atoms with van der Waals surface area (Å²) >= 11 is 0. The van der Waals surface area contributed by atoms with Gasteiger partial charge in [0.25, 0.3) is 0 Å². The lowest BCUT2D eigenvalue weighted by atomic mass is 10.0. The summed E-state index contributed by atoms with van der Waals surface area (Å²) in [7, 11) is 0. The minimum absolute atomic E-state index is 0.211. The standard InChI is InChI=1S/C16H18F2N2/c1-2-20(13-6-4-3-5-7-13)16(11-19)14-10-12(17)8-9-15(14)18/h3-10,16H,2,11,19H2,1H3. The van der Waals surface area contributed by atoms with E-state index in [2.05, 4.69) is 0 Å². The third kappa shape index (κ3) is 2.96. The van der Waals surface area contributed by atoms with E-state index >= 15 is 0 Å². The van der Waals surface area contributed by atoms with E-state index in [0.717, 1.165) is 17.8 Å². The topological polar surface area (TPSA) is 29.3 Å². The van der Waals surface area contributed by atoms with Crippen LogP contribution in [0.25, 0.3) is 0 Å². The first-order valence-corrected chi connectivity index (χ1v) is 6.64. The zero-order valence-corrected chi connectivity index (χ0v) is 11.4. The zero-order chi connectivity index (χ0) is 14.5. The van der Waals surface area contributed by atoms with Gasteiger partial charge in [-0.25, -0.2) is 8.78 Å². The molecule has 0 heterocycles. The van der Waals surface area contributed by atoms with E-state index in [4.69, 9.17) is 5.73 Å². The lowest BCUT2D eigenvalue weighted by Gasteiger charge is -2.32. The predicted octanol–water partition coefficient (Wildman–Crippen LogP) is 3.49. The van der Waals surface area contributed by atoms with Gasteiger partial charge in [0.1, 0.15) is 11.6 Å². The Kier molecular flexibility index (Phi) is 4.69. The minimum atomic E-state index is -0.455. The SMILES string of the molecule is CCN(c1ccccc1)C(CN)c1cc(F)ccc1F. The van der Waals surface area contributed by atoms with Crippen molar-refractivity contribution in [3.63, 3.8) is 0 Å². The van der Waals surface area contributed by atoms with E-state index in [9.17, 15) is 8.78 Å². The molecule has 0 fully saturated rings. The number of nitrogens with two attached hydrogens (primary N) is 1. The Morgan fingerprint density at radius 3 is 2.40 bits per heavy atom. The van der Waals surface area contributed by atoms with Crippen molar-refractivity contribution in [2.45, 2.75) is 13.0 Å². The normalized spacial score (nSPS) is 12.2. The van der Waals surface area contributed by atoms with Crippen LogP contribution in [0.5, 0.6) is 0 Å². The molecule has 0 aromatic heterocycles. The highest BCUT2D eigenvalue weighted by atomic mass is 19.1. The second-order valence-corrected chi connectivity index (χ2v) is 4.54. The molecular weight excluding hydrogens is 258 g/mol. The van der Waals surface area contributed by atoms with Crippen LogP contribution in [0.4, 0.5) is 14.5 Å². The van der Waals surface area contributed by atoms with E-state index in [-0.39, 0.29) is 6.54 Å². The summed E-state index contributed by atoms with van der Waals surface area (Å²) in [6.45, 7) is 2.83. The quantitative estimate of drug-likeness (QED) is 0.905. The van der Waals surface area contributed by atoms with Crippen molar-refractivity contribution >= 4 is 5.69 Å². The first-order chi connectivity index (χ1) is 9.67. The Hall–Kier alpha value is -1.94. The molecule has 2 rings (SSSR count). The van der Waals surface area contributed by atoms with E-state index in [1.807, 2.05) is 42.2 Å². The first-order valence-electron chi connectivity index (χ1n) is 6.64. The van der Waals surface area contributed by atoms with Crippen LogP contribution in [0.3, 0.4) is 0 Å². The Bertz CT molecular complexity index is 558. The number of para-hydroxylation sites is 1. The van der Waals surface area contributed by atoms with E-state index in [1.54, 1.807) is 0 Å². The third-order valence-corrected chi connectivity index (χ3v) is 3.35. The Morgan fingerprint density at radius 1 is 1.10 bits per heavy atom. The van der Waals surface area contributed by atoms with Gasteiger partial charge in [0.15, 0.2) is 0 Å². The van der Waals surface area contributed by atoms with Gasteiger partial charge in [-0.15, -0.1) is 0 Å². The number of anilines is 1. The molecule has 1 unspecified atom stereocenters. The van der Waals surface area contributed by atoms with Crippen molar-refractivity contribution in [3.05, 3.63) is 65.7 Å². The predicted molar refractivity (Wildman–Crippen MR) is 77.6 cm³/mol. The summed E-state index contributed by atoms with van der Waals surface area (Å²) < 4.78 is 27.4. The van der Waals surface area contributed by atoms with Crippen molar-refractivity contribution < 1.29 is 8.78 Å². The highest BCUT2D eigenvalue weighted by molar-refractivity contribution is 5.49. The smallest absolute Gasteiger partial charge is 0.128 e. The number of benzene rings is 2. The zero-order valence-electron chi connectivity index (χ0n) is 11.4. The van der Waals surface area contributed by atoms with Crippen molar-refractivity contribution in [1.29, 1.82) is 0 Å². The number of nitrogens with zero attached hydrogens (tertiary/aromatic N) is 1. The van der Waals surface area contributed by atoms with Crippen LogP contribution in [-0.2, 0) is 0 Å². The highest BCUT2D eigenvalue weighted by Gasteiger charge is 2.21. The van der Waals surface area contributed by atoms with Gasteiger partial charge in [-0.05, 0) is 37.3 Å². The average molecular weight is 276 g/mol. The molecule has 0 spiro atoms. The molecule has 2 N–H and O–H groups in total. The fraction of sp³-hybridized carbons (Fsp3) is 0.250. The van der Waals surface area contributed by atoms with Gasteiger partial charge in [0.2, 0.25) is 0 Å². The average Bonchev–Trinajstić information content (AvgIpc) is 2.48. The molecule has 0 aliphatic carbocycles. The van der Waals surface area contributed by atoms with Crippen molar-refractivity contribution in [2.24, 2.45) is 5.73 Å². The van der Waals surface area contributed by atoms with E-state index in [1.165, 1.54) is 6.07 Å². The molecule has 4 heteroatoms. The lowest BCUT2D eigenvalue weighted by molar-refractivity contribution is 0.547. The summed E-state index contributed by atoms with van der Waals surface area (Å²) in [6.07, 6.45) is 0. The van der Waals surface area contributed by atoms with Crippen molar-refractivity contribution in [3.8, 4) is 0 Å². The Balaban J connectivity index is 2.42. The second-order valence-electron chi connectivity index (χ2n) is 4.54. The molecule has 2 aromatic rings. The van der Waals surface area contributed by atoms with Gasteiger partial charge in [-0.2, -0.15) is 0 Å². The Morgan fingerprint density at radius 2 is 1.80 bits per heavy atom. The van der Waals surface area contributed by atoms with Gasteiger partial charge in [0.05, 0.1) is 6.04 Å². The fourth-order valence-corrected chi connectivity index (χ4v) is 2.39. The molecular formula is C16H18F2N2. The molecule has 0 radical (unpaired) electrons. The van der Waals surface area contributed by atoms with Crippen LogP contribution in [0.15, 0.2) is 48.5 Å². The number of halogens is 2. The number of hydrogen-bond donors (Lipinski definition) is 1. The first kappa shape index (κ1) is 14.5. The summed E-state index contributed by atoms with van der Waals surface area (Å²) in [5, 5.41) is 0. The molecule has 1 atom stereocenters. The maximum Gasteiger partial charge on any atom is 0.128 e. The molecule has 0 aliphatic rings. The molecule has 20 heavy (non-hydrogen) atoms. The molecule has 0 aliphatic heterocycles. The lowest BCUT2D eigenvalue weighted by Crippen LogP contribution is -2.34. The number of likely N-dealkylation sites (N-methyl/N-ethyl adjacent to an activating group) is 1. The van der Waals surface area contributed by atoms with Crippen LogP contribution in [0, 0.1) is 11.6 Å². The molecule has 0 bridgehead atoms. The number of hydrogen-bond acceptors (Lipinski definition) is 2. The van der Waals surface area contributed by atoms with Crippen LogP contribution in [-0.4, -0.2) is 13.1 Å². The summed E-state index contributed by atoms with van der Waals surface area (Å²) in [5.74, 6) is -0.889. The molecule has 2 aromatic carbocycles. The van der Waals surface area contributed by atoms with E-state index < -0.39 is 17.7 Å². The monoisotopic (exact) mass is 276 g/mol. The second kappa shape index (κ2) is 6.48. The summed E-state index contributed by atoms with van der Waals surface area (Å²) in [4.78, 5) is 1.97. The summed E-state index contributed by atoms with van der Waals surface area (Å²) in [5.41, 5.74) is 7.04. The molecule has 2 nitrogen and oxygen atoms in total. The molecule has 0 saturated heterocycles. The van der Waals surface area contributed by atoms with Gasteiger partial charge in [0, 0.05) is 24.3 Å². The highest BCUT2D eigenvalue weighted by Crippen LogP contribution is 2.28. The molecule has 106 valence electrons. The van der Waals surface area contributed by atoms with Gasteiger partial charge < -0.3 is 10.6 Å². The third-order valence-electron chi connectivity index (χ3n) is 3.35. The largest absolute Gasteiger partial charge is 0.363 e. The van der Waals surface area contributed by atoms with Crippen molar-refractivity contribution in [1.82, 2.24) is 0 Å². The van der Waals surface area contributed by atoms with E-state index in [0.29, 0.717) is 12.1 Å². The van der Waals surface area contributed by atoms with Crippen LogP contribution in [0.1, 0.15) is 18.5 Å². The van der Waals surface area contributed by atoms with Gasteiger partial charge in [-0.1, -0.05) is 18.2 Å². The van der Waals surface area contributed by atoms with Gasteiger partial charge in [-0.3, -0.25) is 0 Å². The number of rotatable bonds is 5. The molecule has 0 amide bonds. The van der Waals surface area contributed by atoms with Crippen LogP contribution < -0.4 is 10.6 Å². The van der Waals surface area contributed by atoms with Crippen LogP contribution >= 0.6 is 0 Å². The van der Waals surface area contributed by atoms with Crippen LogP contribution in [0.2, 0.25) is 0 Å². The molecule has 0 saturated carbocycles.